The standard InChI is InChI=1S/C10H11N3S/c1-7-12-9(11)10(13-7)14-8-5-3-2-4-6-8/h2-6H,11H2,1H3,(H,12,13). The molecular formula is C10H11N3S. The van der Waals surface area contributed by atoms with Crippen LogP contribution in [0, 0.1) is 6.92 Å². The molecule has 14 heavy (non-hydrogen) atoms. The van der Waals surface area contributed by atoms with Crippen molar-refractivity contribution in [2.75, 3.05) is 5.73 Å². The highest BCUT2D eigenvalue weighted by atomic mass is 32.2. The van der Waals surface area contributed by atoms with Crippen molar-refractivity contribution in [1.29, 1.82) is 0 Å². The zero-order valence-corrected chi connectivity index (χ0v) is 8.64. The smallest absolute Gasteiger partial charge is 0.143 e. The van der Waals surface area contributed by atoms with Crippen LogP contribution in [0.5, 0.6) is 0 Å². The van der Waals surface area contributed by atoms with Gasteiger partial charge in [0.1, 0.15) is 16.7 Å². The van der Waals surface area contributed by atoms with Gasteiger partial charge in [-0.05, 0) is 19.1 Å². The van der Waals surface area contributed by atoms with Crippen LogP contribution in [0.25, 0.3) is 0 Å². The van der Waals surface area contributed by atoms with Gasteiger partial charge in [-0.2, -0.15) is 0 Å². The van der Waals surface area contributed by atoms with Crippen LogP contribution < -0.4 is 5.73 Å². The molecule has 1 heterocycles. The lowest BCUT2D eigenvalue weighted by molar-refractivity contribution is 1.10. The average Bonchev–Trinajstić information content (AvgIpc) is 2.47. The van der Waals surface area contributed by atoms with E-state index in [0.29, 0.717) is 5.82 Å². The lowest BCUT2D eigenvalue weighted by atomic mass is 10.4. The molecular weight excluding hydrogens is 194 g/mol. The number of hydrogen-bond acceptors (Lipinski definition) is 3. The molecule has 0 saturated heterocycles. The highest BCUT2D eigenvalue weighted by Gasteiger charge is 2.05. The normalized spacial score (nSPS) is 10.4. The Kier molecular flexibility index (Phi) is 2.45. The van der Waals surface area contributed by atoms with Gasteiger partial charge in [-0.25, -0.2) is 4.98 Å². The summed E-state index contributed by atoms with van der Waals surface area (Å²) in [5, 5.41) is 0.841. The number of imidazole rings is 1. The van der Waals surface area contributed by atoms with Crippen LogP contribution >= 0.6 is 11.8 Å². The predicted octanol–water partition coefficient (Wildman–Crippen LogP) is 2.45. The number of aromatic amines is 1. The molecule has 0 fully saturated rings. The van der Waals surface area contributed by atoms with Crippen LogP contribution in [-0.4, -0.2) is 9.97 Å². The van der Waals surface area contributed by atoms with Crippen LogP contribution in [-0.2, 0) is 0 Å². The first-order valence-corrected chi connectivity index (χ1v) is 5.12. The monoisotopic (exact) mass is 205 g/mol. The molecule has 2 aromatic rings. The first-order valence-electron chi connectivity index (χ1n) is 4.30. The Hall–Kier alpha value is -1.42. The van der Waals surface area contributed by atoms with Crippen molar-refractivity contribution in [3.05, 3.63) is 36.2 Å². The Bertz CT molecular complexity index is 422. The Morgan fingerprint density at radius 3 is 2.57 bits per heavy atom. The van der Waals surface area contributed by atoms with E-state index < -0.39 is 0 Å². The molecule has 1 aromatic carbocycles. The second-order valence-corrected chi connectivity index (χ2v) is 4.02. The number of nitrogen functional groups attached to an aromatic ring is 1. The number of aromatic nitrogens is 2. The number of benzene rings is 1. The van der Waals surface area contributed by atoms with E-state index in [9.17, 15) is 0 Å². The highest BCUT2D eigenvalue weighted by molar-refractivity contribution is 7.99. The Morgan fingerprint density at radius 1 is 1.29 bits per heavy atom. The summed E-state index contributed by atoms with van der Waals surface area (Å²) in [6.07, 6.45) is 0. The van der Waals surface area contributed by atoms with Crippen LogP contribution in [0.4, 0.5) is 5.82 Å². The van der Waals surface area contributed by atoms with Gasteiger partial charge in [-0.1, -0.05) is 30.0 Å². The molecule has 0 amide bonds. The molecule has 0 spiro atoms. The van der Waals surface area contributed by atoms with Crippen molar-refractivity contribution in [2.45, 2.75) is 16.8 Å². The third kappa shape index (κ3) is 1.90. The van der Waals surface area contributed by atoms with Crippen LogP contribution in [0.2, 0.25) is 0 Å². The average molecular weight is 205 g/mol. The molecule has 0 aliphatic carbocycles. The van der Waals surface area contributed by atoms with Gasteiger partial charge in [0.25, 0.3) is 0 Å². The number of rotatable bonds is 2. The molecule has 3 nitrogen and oxygen atoms in total. The Morgan fingerprint density at radius 2 is 2.00 bits per heavy atom. The maximum Gasteiger partial charge on any atom is 0.143 e. The predicted molar refractivity (Wildman–Crippen MR) is 58.3 cm³/mol. The molecule has 0 aliphatic heterocycles. The Balaban J connectivity index is 2.23. The second kappa shape index (κ2) is 3.75. The van der Waals surface area contributed by atoms with Crippen molar-refractivity contribution in [3.8, 4) is 0 Å². The quantitative estimate of drug-likeness (QED) is 0.791. The lowest BCUT2D eigenvalue weighted by Gasteiger charge is -1.97. The van der Waals surface area contributed by atoms with E-state index in [1.807, 2.05) is 37.3 Å². The fourth-order valence-corrected chi connectivity index (χ4v) is 2.03. The van der Waals surface area contributed by atoms with Crippen LogP contribution in [0.3, 0.4) is 0 Å². The number of aryl methyl sites for hydroxylation is 1. The summed E-state index contributed by atoms with van der Waals surface area (Å²) in [6, 6.07) is 10.1. The number of nitrogens with two attached hydrogens (primary N) is 1. The van der Waals surface area contributed by atoms with Gasteiger partial charge < -0.3 is 10.7 Å². The number of hydrogen-bond donors (Lipinski definition) is 2. The first-order chi connectivity index (χ1) is 6.75. The minimum Gasteiger partial charge on any atom is -0.383 e. The maximum atomic E-state index is 5.75. The van der Waals surface area contributed by atoms with Gasteiger partial charge in [-0.3, -0.25) is 0 Å². The summed E-state index contributed by atoms with van der Waals surface area (Å²) in [5.41, 5.74) is 5.75. The van der Waals surface area contributed by atoms with E-state index in [1.165, 1.54) is 0 Å². The van der Waals surface area contributed by atoms with E-state index in [-0.39, 0.29) is 0 Å². The van der Waals surface area contributed by atoms with E-state index >= 15 is 0 Å². The highest BCUT2D eigenvalue weighted by Crippen LogP contribution is 2.29. The molecule has 2 rings (SSSR count). The van der Waals surface area contributed by atoms with Crippen molar-refractivity contribution in [3.63, 3.8) is 0 Å². The van der Waals surface area contributed by atoms with E-state index in [2.05, 4.69) is 9.97 Å². The van der Waals surface area contributed by atoms with Crippen molar-refractivity contribution in [2.24, 2.45) is 0 Å². The zero-order valence-electron chi connectivity index (χ0n) is 7.82. The van der Waals surface area contributed by atoms with Crippen LogP contribution in [0.1, 0.15) is 5.82 Å². The third-order valence-corrected chi connectivity index (χ3v) is 2.79. The summed E-state index contributed by atoms with van der Waals surface area (Å²) in [6.45, 7) is 1.89. The van der Waals surface area contributed by atoms with Crippen LogP contribution in [0.15, 0.2) is 40.3 Å². The fourth-order valence-electron chi connectivity index (χ4n) is 1.17. The maximum absolute atomic E-state index is 5.75. The largest absolute Gasteiger partial charge is 0.383 e. The molecule has 72 valence electrons. The van der Waals surface area contributed by atoms with Gasteiger partial charge >= 0.3 is 0 Å². The summed E-state index contributed by atoms with van der Waals surface area (Å²) < 4.78 is 0. The third-order valence-electron chi connectivity index (χ3n) is 1.77. The van der Waals surface area contributed by atoms with Gasteiger partial charge in [0, 0.05) is 4.90 Å². The zero-order chi connectivity index (χ0) is 9.97. The minimum atomic E-state index is 0.636. The fraction of sp³-hybridized carbons (Fsp3) is 0.100. The van der Waals surface area contributed by atoms with Gasteiger partial charge in [-0.15, -0.1) is 0 Å². The van der Waals surface area contributed by atoms with E-state index in [0.717, 1.165) is 15.7 Å². The van der Waals surface area contributed by atoms with Crippen molar-refractivity contribution < 1.29 is 0 Å². The molecule has 4 heteroatoms. The SMILES string of the molecule is Cc1nc(Sc2ccccc2)c(N)[nH]1. The molecule has 0 saturated carbocycles. The molecule has 3 N–H and O–H groups in total. The second-order valence-electron chi connectivity index (χ2n) is 2.96. The molecule has 0 bridgehead atoms. The minimum absolute atomic E-state index is 0.636. The summed E-state index contributed by atoms with van der Waals surface area (Å²) in [4.78, 5) is 8.41. The van der Waals surface area contributed by atoms with E-state index in [4.69, 9.17) is 5.73 Å². The van der Waals surface area contributed by atoms with Crippen molar-refractivity contribution in [1.82, 2.24) is 9.97 Å². The van der Waals surface area contributed by atoms with Crippen molar-refractivity contribution >= 4 is 17.6 Å². The topological polar surface area (TPSA) is 54.7 Å². The molecule has 0 unspecified atom stereocenters. The number of anilines is 1. The van der Waals surface area contributed by atoms with Gasteiger partial charge in [0.15, 0.2) is 0 Å². The van der Waals surface area contributed by atoms with Gasteiger partial charge in [0.05, 0.1) is 0 Å². The summed E-state index contributed by atoms with van der Waals surface area (Å²) in [7, 11) is 0. The number of H-pyrrole nitrogens is 1. The lowest BCUT2D eigenvalue weighted by Crippen LogP contribution is -1.86. The Labute approximate surface area is 86.7 Å². The molecule has 0 atom stereocenters. The molecule has 1 aromatic heterocycles. The summed E-state index contributed by atoms with van der Waals surface area (Å²) in [5.74, 6) is 1.48. The molecule has 0 radical (unpaired) electrons. The summed E-state index contributed by atoms with van der Waals surface area (Å²) >= 11 is 1.57. The van der Waals surface area contributed by atoms with Gasteiger partial charge in [0.2, 0.25) is 0 Å². The number of nitrogens with one attached hydrogen (secondary N) is 1. The first kappa shape index (κ1) is 9.15. The number of nitrogens with zero attached hydrogens (tertiary/aromatic N) is 1. The van der Waals surface area contributed by atoms with E-state index in [1.54, 1.807) is 11.8 Å². The molecule has 0 aliphatic rings.